The Hall–Kier alpha value is -0.610. The Balaban J connectivity index is 2.49. The third-order valence-electron chi connectivity index (χ3n) is 2.10. The van der Waals surface area contributed by atoms with E-state index in [9.17, 15) is 0 Å². The fourth-order valence-electron chi connectivity index (χ4n) is 1.35. The average Bonchev–Trinajstić information content (AvgIpc) is 2.20. The van der Waals surface area contributed by atoms with Crippen molar-refractivity contribution in [2.75, 3.05) is 0 Å². The van der Waals surface area contributed by atoms with Gasteiger partial charge in [-0.15, -0.1) is 0 Å². The Morgan fingerprint density at radius 2 is 1.87 bits per heavy atom. The molecular weight excluding hydrogens is 320 g/mol. The van der Waals surface area contributed by atoms with Gasteiger partial charge in [0.05, 0.1) is 10.7 Å². The third kappa shape index (κ3) is 2.49. The molecule has 0 radical (unpaired) electrons. The molecule has 0 saturated heterocycles. The van der Waals surface area contributed by atoms with Gasteiger partial charge in [-0.05, 0) is 53.3 Å². The van der Waals surface area contributed by atoms with Gasteiger partial charge in [-0.2, -0.15) is 0 Å². The molecule has 1 aromatic carbocycles. The van der Waals surface area contributed by atoms with Crippen molar-refractivity contribution < 1.29 is 0 Å². The zero-order valence-electron chi connectivity index (χ0n) is 8.17. The minimum absolute atomic E-state index is 0.705. The van der Waals surface area contributed by atoms with Gasteiger partial charge in [0, 0.05) is 15.3 Å². The Kier molecular flexibility index (Phi) is 3.26. The lowest BCUT2D eigenvalue weighted by molar-refractivity contribution is 1.27. The lowest BCUT2D eigenvalue weighted by atomic mass is 10.1. The predicted molar refractivity (Wildman–Crippen MR) is 72.1 cm³/mol. The summed E-state index contributed by atoms with van der Waals surface area (Å²) in [6.45, 7) is 1.98. The second-order valence-corrected chi connectivity index (χ2v) is 5.00. The van der Waals surface area contributed by atoms with Crippen molar-refractivity contribution in [2.24, 2.45) is 0 Å². The van der Waals surface area contributed by atoms with E-state index < -0.39 is 0 Å². The van der Waals surface area contributed by atoms with Crippen LogP contribution in [0, 0.1) is 10.5 Å². The predicted octanol–water partition coefficient (Wildman–Crippen LogP) is 4.32. The summed E-state index contributed by atoms with van der Waals surface area (Å²) in [5.41, 5.74) is 2.98. The topological polar surface area (TPSA) is 12.9 Å². The Morgan fingerprint density at radius 1 is 1.20 bits per heavy atom. The number of nitrogens with zero attached hydrogens (tertiary/aromatic N) is 1. The first kappa shape index (κ1) is 10.9. The quantitative estimate of drug-likeness (QED) is 0.710. The van der Waals surface area contributed by atoms with Crippen LogP contribution in [0.5, 0.6) is 0 Å². The fourth-order valence-corrected chi connectivity index (χ4v) is 2.04. The maximum Gasteiger partial charge on any atom is 0.0888 e. The summed E-state index contributed by atoms with van der Waals surface area (Å²) in [6.07, 6.45) is 1.83. The molecule has 0 unspecified atom stereocenters. The standard InChI is InChI=1S/C12H9ClIN/c1-8-6-11(13)12(15-7-8)9-2-4-10(14)5-3-9/h2-7H,1H3. The van der Waals surface area contributed by atoms with Crippen LogP contribution in [-0.4, -0.2) is 4.98 Å². The zero-order valence-corrected chi connectivity index (χ0v) is 11.1. The van der Waals surface area contributed by atoms with Crippen molar-refractivity contribution in [3.8, 4) is 11.3 Å². The van der Waals surface area contributed by atoms with Crippen LogP contribution in [0.15, 0.2) is 36.5 Å². The van der Waals surface area contributed by atoms with Gasteiger partial charge in [-0.25, -0.2) is 0 Å². The van der Waals surface area contributed by atoms with Crippen LogP contribution in [0.25, 0.3) is 11.3 Å². The van der Waals surface area contributed by atoms with Gasteiger partial charge in [0.2, 0.25) is 0 Å². The molecule has 1 aromatic heterocycles. The number of halogens is 2. The molecule has 3 heteroatoms. The van der Waals surface area contributed by atoms with Crippen LogP contribution in [0.3, 0.4) is 0 Å². The van der Waals surface area contributed by atoms with Gasteiger partial charge in [0.25, 0.3) is 0 Å². The maximum absolute atomic E-state index is 6.14. The Morgan fingerprint density at radius 3 is 2.47 bits per heavy atom. The highest BCUT2D eigenvalue weighted by Crippen LogP contribution is 2.26. The molecule has 2 aromatic rings. The fraction of sp³-hybridized carbons (Fsp3) is 0.0833. The summed E-state index contributed by atoms with van der Waals surface area (Å²) in [4.78, 5) is 4.34. The Bertz CT molecular complexity index is 479. The largest absolute Gasteiger partial charge is 0.254 e. The number of hydrogen-bond donors (Lipinski definition) is 0. The number of benzene rings is 1. The molecule has 0 amide bonds. The first-order valence-electron chi connectivity index (χ1n) is 4.55. The van der Waals surface area contributed by atoms with E-state index in [0.29, 0.717) is 5.02 Å². The second kappa shape index (κ2) is 4.49. The van der Waals surface area contributed by atoms with Gasteiger partial charge in [0.15, 0.2) is 0 Å². The molecule has 0 spiro atoms. The SMILES string of the molecule is Cc1cnc(-c2ccc(I)cc2)c(Cl)c1. The van der Waals surface area contributed by atoms with Crippen molar-refractivity contribution in [2.45, 2.75) is 6.92 Å². The minimum atomic E-state index is 0.705. The van der Waals surface area contributed by atoms with E-state index in [1.54, 1.807) is 0 Å². The molecule has 1 nitrogen and oxygen atoms in total. The van der Waals surface area contributed by atoms with Crippen LogP contribution in [0.2, 0.25) is 5.02 Å². The second-order valence-electron chi connectivity index (χ2n) is 3.35. The van der Waals surface area contributed by atoms with E-state index in [4.69, 9.17) is 11.6 Å². The van der Waals surface area contributed by atoms with Crippen molar-refractivity contribution in [1.82, 2.24) is 4.98 Å². The highest BCUT2D eigenvalue weighted by Gasteiger charge is 2.04. The molecule has 0 aliphatic carbocycles. The van der Waals surface area contributed by atoms with Crippen LogP contribution in [0.4, 0.5) is 0 Å². The summed E-state index contributed by atoms with van der Waals surface area (Å²) in [5, 5.41) is 0.705. The molecule has 0 atom stereocenters. The van der Waals surface area contributed by atoms with Crippen molar-refractivity contribution in [3.05, 3.63) is 50.7 Å². The van der Waals surface area contributed by atoms with E-state index in [1.807, 2.05) is 43.5 Å². The highest BCUT2D eigenvalue weighted by molar-refractivity contribution is 14.1. The summed E-state index contributed by atoms with van der Waals surface area (Å²) in [7, 11) is 0. The van der Waals surface area contributed by atoms with Crippen molar-refractivity contribution in [1.29, 1.82) is 0 Å². The van der Waals surface area contributed by atoms with Crippen LogP contribution in [0.1, 0.15) is 5.56 Å². The summed E-state index contributed by atoms with van der Waals surface area (Å²) >= 11 is 8.42. The summed E-state index contributed by atoms with van der Waals surface area (Å²) in [5.74, 6) is 0. The molecule has 0 fully saturated rings. The van der Waals surface area contributed by atoms with E-state index in [1.165, 1.54) is 3.57 Å². The molecule has 0 N–H and O–H groups in total. The molecule has 0 aliphatic heterocycles. The third-order valence-corrected chi connectivity index (χ3v) is 3.10. The van der Waals surface area contributed by atoms with Crippen molar-refractivity contribution >= 4 is 34.2 Å². The number of aryl methyl sites for hydroxylation is 1. The zero-order chi connectivity index (χ0) is 10.8. The average molecular weight is 330 g/mol. The molecule has 2 rings (SSSR count). The number of pyridine rings is 1. The van der Waals surface area contributed by atoms with E-state index >= 15 is 0 Å². The van der Waals surface area contributed by atoms with Gasteiger partial charge in [-0.3, -0.25) is 4.98 Å². The molecule has 76 valence electrons. The van der Waals surface area contributed by atoms with Gasteiger partial charge in [0.1, 0.15) is 0 Å². The summed E-state index contributed by atoms with van der Waals surface area (Å²) in [6, 6.07) is 10.1. The minimum Gasteiger partial charge on any atom is -0.254 e. The molecule has 1 heterocycles. The van der Waals surface area contributed by atoms with Crippen LogP contribution >= 0.6 is 34.2 Å². The van der Waals surface area contributed by atoms with Gasteiger partial charge >= 0.3 is 0 Å². The monoisotopic (exact) mass is 329 g/mol. The van der Waals surface area contributed by atoms with Crippen molar-refractivity contribution in [3.63, 3.8) is 0 Å². The summed E-state index contributed by atoms with van der Waals surface area (Å²) < 4.78 is 1.21. The molecular formula is C12H9ClIN. The van der Waals surface area contributed by atoms with E-state index in [0.717, 1.165) is 16.8 Å². The smallest absolute Gasteiger partial charge is 0.0888 e. The number of aromatic nitrogens is 1. The van der Waals surface area contributed by atoms with E-state index in [-0.39, 0.29) is 0 Å². The van der Waals surface area contributed by atoms with Gasteiger partial charge < -0.3 is 0 Å². The first-order valence-corrected chi connectivity index (χ1v) is 6.00. The molecule has 15 heavy (non-hydrogen) atoms. The van der Waals surface area contributed by atoms with Crippen LogP contribution in [-0.2, 0) is 0 Å². The first-order chi connectivity index (χ1) is 7.16. The normalized spacial score (nSPS) is 10.3. The highest BCUT2D eigenvalue weighted by atomic mass is 127. The molecule has 0 bridgehead atoms. The maximum atomic E-state index is 6.14. The lowest BCUT2D eigenvalue weighted by Crippen LogP contribution is -1.86. The molecule has 0 aliphatic rings. The number of rotatable bonds is 1. The Labute approximate surface area is 108 Å². The lowest BCUT2D eigenvalue weighted by Gasteiger charge is -2.04. The molecule has 0 saturated carbocycles. The van der Waals surface area contributed by atoms with Gasteiger partial charge in [-0.1, -0.05) is 23.7 Å². The van der Waals surface area contributed by atoms with Crippen LogP contribution < -0.4 is 0 Å². The van der Waals surface area contributed by atoms with E-state index in [2.05, 4.69) is 27.6 Å². The number of hydrogen-bond acceptors (Lipinski definition) is 1.